The van der Waals surface area contributed by atoms with Crippen LogP contribution in [0, 0.1) is 5.41 Å². The molecule has 0 atom stereocenters. The molecule has 0 N–H and O–H groups in total. The van der Waals surface area contributed by atoms with Gasteiger partial charge >= 0.3 is 0 Å². The largest absolute Gasteiger partial charge is 0.308 e. The Kier molecular flexibility index (Phi) is 31.7. The highest BCUT2D eigenvalue weighted by Gasteiger charge is 2.39. The van der Waals surface area contributed by atoms with Crippen LogP contribution in [0.3, 0.4) is 0 Å². The molecule has 0 rings (SSSR count). The maximum absolute atomic E-state index is 13.3. The van der Waals surface area contributed by atoms with Gasteiger partial charge in [0, 0.05) is 19.4 Å². The zero-order valence-corrected chi connectivity index (χ0v) is 31.1. The van der Waals surface area contributed by atoms with E-state index in [2.05, 4.69) is 13.8 Å². The van der Waals surface area contributed by atoms with Crippen LogP contribution in [0.2, 0.25) is 0 Å². The first-order chi connectivity index (χ1) is 21.4. The van der Waals surface area contributed by atoms with Crippen LogP contribution in [-0.2, 0) is 9.59 Å². The molecular formula is C41H81NO2. The lowest BCUT2D eigenvalue weighted by Crippen LogP contribution is -2.44. The number of ketones is 2. The number of nitrogens with zero attached hydrogens (tertiary/aromatic N) is 1. The fourth-order valence-corrected chi connectivity index (χ4v) is 6.83. The zero-order chi connectivity index (χ0) is 32.6. The van der Waals surface area contributed by atoms with Gasteiger partial charge in [-0.15, -0.1) is 0 Å². The fraction of sp³-hybridized carbons (Fsp3) is 0.951. The van der Waals surface area contributed by atoms with E-state index in [4.69, 9.17) is 0 Å². The summed E-state index contributed by atoms with van der Waals surface area (Å²) in [6.45, 7) is 7.04. The van der Waals surface area contributed by atoms with E-state index >= 15 is 0 Å². The van der Waals surface area contributed by atoms with Crippen molar-refractivity contribution in [3.8, 4) is 0 Å². The topological polar surface area (TPSA) is 37.4 Å². The Bertz CT molecular complexity index is 582. The molecule has 0 spiro atoms. The molecule has 0 aromatic carbocycles. The molecule has 0 unspecified atom stereocenters. The number of hydrogen-bond acceptors (Lipinski definition) is 3. The average Bonchev–Trinajstić information content (AvgIpc) is 3.00. The van der Waals surface area contributed by atoms with Crippen molar-refractivity contribution in [2.24, 2.45) is 5.41 Å². The van der Waals surface area contributed by atoms with E-state index in [0.29, 0.717) is 19.4 Å². The van der Waals surface area contributed by atoms with E-state index in [1.54, 1.807) is 0 Å². The molecule has 0 aromatic rings. The third-order valence-electron chi connectivity index (χ3n) is 9.88. The van der Waals surface area contributed by atoms with Crippen molar-refractivity contribution in [1.29, 1.82) is 0 Å². The molecule has 0 aromatic heterocycles. The summed E-state index contributed by atoms with van der Waals surface area (Å²) in [5.41, 5.74) is -0.838. The molecule has 0 aliphatic carbocycles. The van der Waals surface area contributed by atoms with E-state index < -0.39 is 5.41 Å². The first-order valence-electron chi connectivity index (χ1n) is 20.1. The molecule has 0 aliphatic heterocycles. The smallest absolute Gasteiger partial charge is 0.147 e. The molecule has 3 nitrogen and oxygen atoms in total. The summed E-state index contributed by atoms with van der Waals surface area (Å²) < 4.78 is 0. The van der Waals surface area contributed by atoms with E-state index in [1.807, 2.05) is 25.9 Å². The normalized spacial score (nSPS) is 12.0. The predicted octanol–water partition coefficient (Wildman–Crippen LogP) is 13.2. The van der Waals surface area contributed by atoms with Crippen LogP contribution in [0.15, 0.2) is 0 Å². The highest BCUT2D eigenvalue weighted by atomic mass is 16.2. The van der Waals surface area contributed by atoms with Gasteiger partial charge in [-0.1, -0.05) is 194 Å². The second kappa shape index (κ2) is 32.2. The Morgan fingerprint density at radius 1 is 0.386 bits per heavy atom. The summed E-state index contributed by atoms with van der Waals surface area (Å²) in [6.07, 6.45) is 41.0. The Morgan fingerprint density at radius 2 is 0.591 bits per heavy atom. The first kappa shape index (κ1) is 43.3. The van der Waals surface area contributed by atoms with E-state index in [9.17, 15) is 9.59 Å². The summed E-state index contributed by atoms with van der Waals surface area (Å²) in [5, 5.41) is 0. The zero-order valence-electron chi connectivity index (χ0n) is 31.1. The number of hydrogen-bond donors (Lipinski definition) is 0. The van der Waals surface area contributed by atoms with Crippen molar-refractivity contribution >= 4 is 11.6 Å². The summed E-state index contributed by atoms with van der Waals surface area (Å²) in [5.74, 6) is 0.346. The van der Waals surface area contributed by atoms with Crippen LogP contribution in [0.1, 0.15) is 226 Å². The molecule has 0 saturated carbocycles. The Morgan fingerprint density at radius 3 is 0.795 bits per heavy atom. The molecule has 0 saturated heterocycles. The minimum atomic E-state index is -0.838. The highest BCUT2D eigenvalue weighted by Crippen LogP contribution is 2.27. The van der Waals surface area contributed by atoms with Crippen molar-refractivity contribution in [2.45, 2.75) is 226 Å². The lowest BCUT2D eigenvalue weighted by molar-refractivity contribution is -0.141. The van der Waals surface area contributed by atoms with Gasteiger partial charge in [0.05, 0.1) is 5.41 Å². The molecule has 0 amide bonds. The second-order valence-electron chi connectivity index (χ2n) is 14.8. The minimum Gasteiger partial charge on any atom is -0.308 e. The van der Waals surface area contributed by atoms with Gasteiger partial charge in [0.2, 0.25) is 0 Å². The highest BCUT2D eigenvalue weighted by molar-refractivity contribution is 6.06. The van der Waals surface area contributed by atoms with E-state index in [1.165, 1.54) is 167 Å². The third-order valence-corrected chi connectivity index (χ3v) is 9.88. The summed E-state index contributed by atoms with van der Waals surface area (Å²) >= 11 is 0. The van der Waals surface area contributed by atoms with Crippen molar-refractivity contribution in [3.63, 3.8) is 0 Å². The van der Waals surface area contributed by atoms with Crippen molar-refractivity contribution < 1.29 is 9.59 Å². The Balaban J connectivity index is 3.90. The number of Topliss-reactive ketones (excluding diaryl/α,β-unsaturated/α-hetero) is 2. The molecule has 262 valence electrons. The molecule has 3 heteroatoms. The van der Waals surface area contributed by atoms with E-state index in [-0.39, 0.29) is 11.6 Å². The number of carbonyl (C=O) groups is 2. The van der Waals surface area contributed by atoms with Gasteiger partial charge in [-0.3, -0.25) is 9.59 Å². The van der Waals surface area contributed by atoms with Crippen molar-refractivity contribution in [1.82, 2.24) is 4.90 Å². The minimum absolute atomic E-state index is 0.173. The van der Waals surface area contributed by atoms with Crippen molar-refractivity contribution in [3.05, 3.63) is 0 Å². The number of unbranched alkanes of at least 4 members (excludes halogenated alkanes) is 28. The van der Waals surface area contributed by atoms with E-state index in [0.717, 1.165) is 25.7 Å². The summed E-state index contributed by atoms with van der Waals surface area (Å²) in [7, 11) is 3.97. The van der Waals surface area contributed by atoms with Gasteiger partial charge in [-0.05, 0) is 33.9 Å². The number of rotatable bonds is 36. The van der Waals surface area contributed by atoms with Gasteiger partial charge in [0.15, 0.2) is 0 Å². The average molecular weight is 620 g/mol. The van der Waals surface area contributed by atoms with Gasteiger partial charge in [0.1, 0.15) is 11.6 Å². The van der Waals surface area contributed by atoms with Crippen LogP contribution < -0.4 is 0 Å². The van der Waals surface area contributed by atoms with Gasteiger partial charge in [-0.25, -0.2) is 0 Å². The Labute approximate surface area is 277 Å². The van der Waals surface area contributed by atoms with Crippen LogP contribution in [0.25, 0.3) is 0 Å². The predicted molar refractivity (Wildman–Crippen MR) is 196 cm³/mol. The lowest BCUT2D eigenvalue weighted by Gasteiger charge is -2.30. The third kappa shape index (κ3) is 26.5. The number of carbonyl (C=O) groups excluding carboxylic acids is 2. The van der Waals surface area contributed by atoms with Crippen LogP contribution in [0.5, 0.6) is 0 Å². The van der Waals surface area contributed by atoms with Gasteiger partial charge < -0.3 is 4.90 Å². The lowest BCUT2D eigenvalue weighted by atomic mass is 9.77. The molecule has 0 fully saturated rings. The molecule has 44 heavy (non-hydrogen) atoms. The monoisotopic (exact) mass is 620 g/mol. The molecule has 0 heterocycles. The summed E-state index contributed by atoms with van der Waals surface area (Å²) in [4.78, 5) is 28.6. The van der Waals surface area contributed by atoms with Crippen molar-refractivity contribution in [2.75, 3.05) is 20.6 Å². The molecule has 0 radical (unpaired) electrons. The first-order valence-corrected chi connectivity index (χ1v) is 20.1. The Hall–Kier alpha value is -0.700. The van der Waals surface area contributed by atoms with Crippen LogP contribution in [0.4, 0.5) is 0 Å². The maximum atomic E-state index is 13.3. The van der Waals surface area contributed by atoms with Crippen LogP contribution >= 0.6 is 0 Å². The van der Waals surface area contributed by atoms with Gasteiger partial charge in [-0.2, -0.15) is 0 Å². The van der Waals surface area contributed by atoms with Crippen LogP contribution in [-0.4, -0.2) is 37.1 Å². The van der Waals surface area contributed by atoms with Gasteiger partial charge in [0.25, 0.3) is 0 Å². The summed E-state index contributed by atoms with van der Waals surface area (Å²) in [6, 6.07) is 0. The molecule has 0 bridgehead atoms. The quantitative estimate of drug-likeness (QED) is 0.0517. The molecular weight excluding hydrogens is 538 g/mol. The second-order valence-corrected chi connectivity index (χ2v) is 14.8. The standard InChI is InChI=1S/C41H81NO2/c1-6-8-10-12-14-16-18-20-22-24-26-28-30-32-34-36-39(43)41(3,38-42(4)5)40(44)37-35-33-31-29-27-25-23-21-19-17-15-13-11-9-7-2/h6-38H2,1-5H3. The maximum Gasteiger partial charge on any atom is 0.147 e. The SMILES string of the molecule is CCCCCCCCCCCCCCCCCC(=O)C(C)(CN(C)C)C(=O)CCCCCCCCCCCCCCCCC. The fourth-order valence-electron chi connectivity index (χ4n) is 6.83. The molecule has 0 aliphatic rings.